The maximum Gasteiger partial charge on any atom is 0.144 e. The van der Waals surface area contributed by atoms with Crippen LogP contribution in [0.2, 0.25) is 0 Å². The predicted octanol–water partition coefficient (Wildman–Crippen LogP) is 4.05. The molecule has 2 atom stereocenters. The van der Waals surface area contributed by atoms with Crippen molar-refractivity contribution < 1.29 is 4.74 Å². The second-order valence-corrected chi connectivity index (χ2v) is 5.93. The molecule has 1 aliphatic carbocycles. The van der Waals surface area contributed by atoms with Crippen LogP contribution in [0.15, 0.2) is 18.2 Å². The largest absolute Gasteiger partial charge is 0.489 e. The highest BCUT2D eigenvalue weighted by atomic mass is 16.5. The number of benzene rings is 1. The van der Waals surface area contributed by atoms with Crippen LogP contribution in [0.4, 0.5) is 11.4 Å². The molecule has 3 N–H and O–H groups in total. The van der Waals surface area contributed by atoms with Gasteiger partial charge >= 0.3 is 0 Å². The van der Waals surface area contributed by atoms with Gasteiger partial charge in [0, 0.05) is 17.8 Å². The predicted molar refractivity (Wildman–Crippen MR) is 81.7 cm³/mol. The average molecular weight is 262 g/mol. The van der Waals surface area contributed by atoms with Crippen molar-refractivity contribution in [3.05, 3.63) is 18.2 Å². The molecule has 2 rings (SSSR count). The topological polar surface area (TPSA) is 47.3 Å². The lowest BCUT2D eigenvalue weighted by Gasteiger charge is -2.30. The molecule has 1 aromatic rings. The number of hydrogen-bond acceptors (Lipinski definition) is 3. The van der Waals surface area contributed by atoms with Gasteiger partial charge in [-0.2, -0.15) is 0 Å². The first-order valence-corrected chi connectivity index (χ1v) is 7.39. The molecule has 3 nitrogen and oxygen atoms in total. The van der Waals surface area contributed by atoms with Crippen LogP contribution in [0.3, 0.4) is 0 Å². The monoisotopic (exact) mass is 262 g/mol. The first kappa shape index (κ1) is 14.0. The summed E-state index contributed by atoms with van der Waals surface area (Å²) in [6, 6.07) is 6.57. The highest BCUT2D eigenvalue weighted by molar-refractivity contribution is 5.61. The van der Waals surface area contributed by atoms with Gasteiger partial charge in [-0.15, -0.1) is 0 Å². The van der Waals surface area contributed by atoms with E-state index in [1.54, 1.807) is 0 Å². The van der Waals surface area contributed by atoms with Gasteiger partial charge in [0.25, 0.3) is 0 Å². The Balaban J connectivity index is 2.07. The fourth-order valence-electron chi connectivity index (χ4n) is 2.72. The molecule has 19 heavy (non-hydrogen) atoms. The minimum Gasteiger partial charge on any atom is -0.489 e. The van der Waals surface area contributed by atoms with Gasteiger partial charge < -0.3 is 15.8 Å². The molecule has 0 spiro atoms. The van der Waals surface area contributed by atoms with Crippen molar-refractivity contribution in [3.8, 4) is 5.75 Å². The number of anilines is 2. The Morgan fingerprint density at radius 2 is 2.00 bits per heavy atom. The molecular formula is C16H26N2O. The van der Waals surface area contributed by atoms with E-state index >= 15 is 0 Å². The number of nitrogens with one attached hydrogen (secondary N) is 1. The van der Waals surface area contributed by atoms with Crippen molar-refractivity contribution in [2.45, 2.75) is 58.6 Å². The highest BCUT2D eigenvalue weighted by Gasteiger charge is 2.21. The van der Waals surface area contributed by atoms with E-state index in [1.165, 1.54) is 25.7 Å². The maximum atomic E-state index is 5.95. The molecule has 1 saturated carbocycles. The molecule has 0 bridgehead atoms. The van der Waals surface area contributed by atoms with Gasteiger partial charge in [0.15, 0.2) is 0 Å². The number of ether oxygens (including phenoxy) is 1. The first-order valence-electron chi connectivity index (χ1n) is 7.39. The normalized spacial score (nSPS) is 23.4. The van der Waals surface area contributed by atoms with Gasteiger partial charge in [0.05, 0.1) is 11.8 Å². The Labute approximate surface area is 116 Å². The van der Waals surface area contributed by atoms with Crippen molar-refractivity contribution in [2.75, 3.05) is 11.1 Å². The second-order valence-electron chi connectivity index (χ2n) is 5.93. The van der Waals surface area contributed by atoms with E-state index in [1.807, 2.05) is 32.0 Å². The number of nitrogens with two attached hydrogens (primary N) is 1. The van der Waals surface area contributed by atoms with E-state index in [0.717, 1.165) is 17.4 Å². The second kappa shape index (κ2) is 6.18. The Morgan fingerprint density at radius 1 is 1.26 bits per heavy atom. The summed E-state index contributed by atoms with van der Waals surface area (Å²) in [6.07, 6.45) is 5.41. The van der Waals surface area contributed by atoms with Crippen LogP contribution in [-0.4, -0.2) is 12.1 Å². The summed E-state index contributed by atoms with van der Waals surface area (Å²) in [7, 11) is 0. The SMILES string of the molecule is CC(C)Oc1cc(NC2CCCCC2C)ccc1N. The smallest absolute Gasteiger partial charge is 0.144 e. The molecule has 106 valence electrons. The van der Waals surface area contributed by atoms with Crippen LogP contribution in [-0.2, 0) is 0 Å². The summed E-state index contributed by atoms with van der Waals surface area (Å²) in [5.41, 5.74) is 7.76. The van der Waals surface area contributed by atoms with Crippen LogP contribution < -0.4 is 15.8 Å². The fourth-order valence-corrected chi connectivity index (χ4v) is 2.72. The molecule has 1 fully saturated rings. The lowest BCUT2D eigenvalue weighted by Crippen LogP contribution is -2.30. The van der Waals surface area contributed by atoms with E-state index in [0.29, 0.717) is 11.7 Å². The van der Waals surface area contributed by atoms with E-state index in [9.17, 15) is 0 Å². The van der Waals surface area contributed by atoms with E-state index in [4.69, 9.17) is 10.5 Å². The number of hydrogen-bond donors (Lipinski definition) is 2. The summed E-state index contributed by atoms with van der Waals surface area (Å²) in [5, 5.41) is 3.64. The maximum absolute atomic E-state index is 5.95. The summed E-state index contributed by atoms with van der Waals surface area (Å²) in [4.78, 5) is 0. The molecule has 3 heteroatoms. The van der Waals surface area contributed by atoms with Crippen molar-refractivity contribution in [3.63, 3.8) is 0 Å². The van der Waals surface area contributed by atoms with Crippen molar-refractivity contribution in [1.29, 1.82) is 0 Å². The summed E-state index contributed by atoms with van der Waals surface area (Å²) >= 11 is 0. The van der Waals surface area contributed by atoms with Gasteiger partial charge in [-0.25, -0.2) is 0 Å². The number of rotatable bonds is 4. The minimum atomic E-state index is 0.145. The molecule has 0 heterocycles. The molecule has 0 saturated heterocycles. The van der Waals surface area contributed by atoms with Gasteiger partial charge in [-0.05, 0) is 44.7 Å². The van der Waals surface area contributed by atoms with Gasteiger partial charge in [0.2, 0.25) is 0 Å². The Kier molecular flexibility index (Phi) is 4.56. The molecule has 0 aromatic heterocycles. The third kappa shape index (κ3) is 3.79. The van der Waals surface area contributed by atoms with Gasteiger partial charge in [-0.1, -0.05) is 19.8 Å². The van der Waals surface area contributed by atoms with Crippen LogP contribution in [0, 0.1) is 5.92 Å². The molecule has 0 aliphatic heterocycles. The Hall–Kier alpha value is -1.38. The van der Waals surface area contributed by atoms with Crippen molar-refractivity contribution in [2.24, 2.45) is 5.92 Å². The molecule has 0 radical (unpaired) electrons. The van der Waals surface area contributed by atoms with Crippen LogP contribution in [0.25, 0.3) is 0 Å². The molecule has 1 aromatic carbocycles. The first-order chi connectivity index (χ1) is 9.06. The van der Waals surface area contributed by atoms with Crippen molar-refractivity contribution >= 4 is 11.4 Å². The summed E-state index contributed by atoms with van der Waals surface area (Å²) in [6.45, 7) is 6.37. The van der Waals surface area contributed by atoms with E-state index < -0.39 is 0 Å². The minimum absolute atomic E-state index is 0.145. The van der Waals surface area contributed by atoms with E-state index in [-0.39, 0.29) is 6.10 Å². The lowest BCUT2D eigenvalue weighted by atomic mass is 9.86. The molecule has 0 amide bonds. The standard InChI is InChI=1S/C16H26N2O/c1-11(2)19-16-10-13(8-9-14(16)17)18-15-7-5-4-6-12(15)3/h8-12,15,18H,4-7,17H2,1-3H3. The zero-order valence-electron chi connectivity index (χ0n) is 12.3. The third-order valence-corrected chi connectivity index (χ3v) is 3.84. The third-order valence-electron chi connectivity index (χ3n) is 3.84. The highest BCUT2D eigenvalue weighted by Crippen LogP contribution is 2.30. The quantitative estimate of drug-likeness (QED) is 0.805. The molecule has 2 unspecified atom stereocenters. The van der Waals surface area contributed by atoms with Crippen molar-refractivity contribution in [1.82, 2.24) is 0 Å². The Morgan fingerprint density at radius 3 is 2.68 bits per heavy atom. The van der Waals surface area contributed by atoms with Crippen LogP contribution in [0.5, 0.6) is 5.75 Å². The average Bonchev–Trinajstić information content (AvgIpc) is 2.35. The number of nitrogen functional groups attached to an aromatic ring is 1. The summed E-state index contributed by atoms with van der Waals surface area (Å²) < 4.78 is 5.74. The van der Waals surface area contributed by atoms with Gasteiger partial charge in [0.1, 0.15) is 5.75 Å². The zero-order chi connectivity index (χ0) is 13.8. The van der Waals surface area contributed by atoms with E-state index in [2.05, 4.69) is 12.2 Å². The Bertz CT molecular complexity index is 417. The molecule has 1 aliphatic rings. The lowest BCUT2D eigenvalue weighted by molar-refractivity contribution is 0.244. The van der Waals surface area contributed by atoms with Crippen LogP contribution >= 0.6 is 0 Å². The zero-order valence-corrected chi connectivity index (χ0v) is 12.3. The van der Waals surface area contributed by atoms with Crippen LogP contribution in [0.1, 0.15) is 46.5 Å². The molecular weight excluding hydrogens is 236 g/mol. The fraction of sp³-hybridized carbons (Fsp3) is 0.625. The summed E-state index contributed by atoms with van der Waals surface area (Å²) in [5.74, 6) is 1.52. The van der Waals surface area contributed by atoms with Gasteiger partial charge in [-0.3, -0.25) is 0 Å².